The molecule has 0 unspecified atom stereocenters. The number of hydrogen-bond acceptors (Lipinski definition) is 3. The highest BCUT2D eigenvalue weighted by molar-refractivity contribution is 5.68. The fourth-order valence-electron chi connectivity index (χ4n) is 3.02. The molecule has 0 N–H and O–H groups in total. The lowest BCUT2D eigenvalue weighted by Gasteiger charge is -2.35. The van der Waals surface area contributed by atoms with E-state index in [1.165, 1.54) is 5.56 Å². The maximum atomic E-state index is 12.6. The van der Waals surface area contributed by atoms with Gasteiger partial charge in [0.2, 0.25) is 0 Å². The van der Waals surface area contributed by atoms with Crippen LogP contribution in [0.25, 0.3) is 0 Å². The molecule has 1 aromatic rings. The standard InChI is InChI=1S/C19H29NO3/c1-5-20(18(21)23-19(2,3)4)16(17-12-9-13-22-17)14-15-10-7-6-8-11-15/h6-8,10-11,16-17H,5,9,12-14H2,1-4H3/t16-,17-/m1/s1. The Labute approximate surface area is 139 Å². The summed E-state index contributed by atoms with van der Waals surface area (Å²) in [6.07, 6.45) is 2.68. The van der Waals surface area contributed by atoms with Gasteiger partial charge in [-0.05, 0) is 52.5 Å². The molecule has 128 valence electrons. The Kier molecular flexibility index (Phi) is 6.05. The van der Waals surface area contributed by atoms with Gasteiger partial charge in [0.1, 0.15) is 5.60 Å². The summed E-state index contributed by atoms with van der Waals surface area (Å²) in [6, 6.07) is 10.3. The molecule has 0 saturated carbocycles. The topological polar surface area (TPSA) is 38.8 Å². The Morgan fingerprint density at radius 2 is 2.04 bits per heavy atom. The molecule has 1 aliphatic heterocycles. The van der Waals surface area contributed by atoms with Gasteiger partial charge in [0.25, 0.3) is 0 Å². The predicted molar refractivity (Wildman–Crippen MR) is 91.5 cm³/mol. The highest BCUT2D eigenvalue weighted by atomic mass is 16.6. The number of likely N-dealkylation sites (N-methyl/N-ethyl adjacent to an activating group) is 1. The van der Waals surface area contributed by atoms with E-state index in [1.807, 2.05) is 50.8 Å². The Bertz CT molecular complexity index is 489. The van der Waals surface area contributed by atoms with Gasteiger partial charge in [0, 0.05) is 13.2 Å². The molecule has 1 aliphatic rings. The molecule has 0 bridgehead atoms. The van der Waals surface area contributed by atoms with Gasteiger partial charge >= 0.3 is 6.09 Å². The van der Waals surface area contributed by atoms with Crippen LogP contribution in [0.2, 0.25) is 0 Å². The second-order valence-corrected chi connectivity index (χ2v) is 7.07. The molecule has 1 amide bonds. The molecule has 1 heterocycles. The molecular formula is C19H29NO3. The maximum Gasteiger partial charge on any atom is 0.410 e. The first-order valence-corrected chi connectivity index (χ1v) is 8.56. The summed E-state index contributed by atoms with van der Waals surface area (Å²) in [7, 11) is 0. The van der Waals surface area contributed by atoms with Crippen LogP contribution in [0.3, 0.4) is 0 Å². The van der Waals surface area contributed by atoms with Crippen LogP contribution in [0.5, 0.6) is 0 Å². The number of amides is 1. The van der Waals surface area contributed by atoms with Gasteiger partial charge in [-0.25, -0.2) is 4.79 Å². The highest BCUT2D eigenvalue weighted by Crippen LogP contribution is 2.24. The number of rotatable bonds is 5. The van der Waals surface area contributed by atoms with Crippen molar-refractivity contribution in [2.75, 3.05) is 13.2 Å². The Hall–Kier alpha value is -1.55. The molecule has 2 atom stereocenters. The summed E-state index contributed by atoms with van der Waals surface area (Å²) < 4.78 is 11.5. The fraction of sp³-hybridized carbons (Fsp3) is 0.632. The predicted octanol–water partition coefficient (Wildman–Crippen LogP) is 4.03. The molecule has 1 saturated heterocycles. The normalized spacial score (nSPS) is 19.4. The average molecular weight is 319 g/mol. The lowest BCUT2D eigenvalue weighted by atomic mass is 9.98. The molecule has 2 rings (SSSR count). The van der Waals surface area contributed by atoms with E-state index in [2.05, 4.69) is 12.1 Å². The fourth-order valence-corrected chi connectivity index (χ4v) is 3.02. The molecule has 0 aromatic heterocycles. The smallest absolute Gasteiger partial charge is 0.410 e. The number of hydrogen-bond donors (Lipinski definition) is 0. The van der Waals surface area contributed by atoms with Crippen molar-refractivity contribution in [1.82, 2.24) is 4.90 Å². The van der Waals surface area contributed by atoms with Crippen molar-refractivity contribution in [2.24, 2.45) is 0 Å². The summed E-state index contributed by atoms with van der Waals surface area (Å²) in [5, 5.41) is 0. The number of carbonyl (C=O) groups is 1. The van der Waals surface area contributed by atoms with Crippen LogP contribution < -0.4 is 0 Å². The minimum Gasteiger partial charge on any atom is -0.444 e. The number of ether oxygens (including phenoxy) is 2. The third-order valence-corrected chi connectivity index (χ3v) is 4.05. The van der Waals surface area contributed by atoms with Gasteiger partial charge in [0.05, 0.1) is 12.1 Å². The first-order chi connectivity index (χ1) is 10.9. The molecule has 4 heteroatoms. The van der Waals surface area contributed by atoms with Gasteiger partial charge in [-0.1, -0.05) is 30.3 Å². The summed E-state index contributed by atoms with van der Waals surface area (Å²) in [5.74, 6) is 0. The average Bonchev–Trinajstić information content (AvgIpc) is 3.00. The molecule has 0 aliphatic carbocycles. The van der Waals surface area contributed by atoms with Crippen LogP contribution in [0.1, 0.15) is 46.1 Å². The Balaban J connectivity index is 2.18. The van der Waals surface area contributed by atoms with Gasteiger partial charge < -0.3 is 14.4 Å². The van der Waals surface area contributed by atoms with Gasteiger partial charge in [-0.2, -0.15) is 0 Å². The number of carbonyl (C=O) groups excluding carboxylic acids is 1. The second kappa shape index (κ2) is 7.82. The molecule has 0 radical (unpaired) electrons. The molecular weight excluding hydrogens is 290 g/mol. The summed E-state index contributed by atoms with van der Waals surface area (Å²) in [5.41, 5.74) is 0.730. The van der Waals surface area contributed by atoms with Crippen LogP contribution in [0.4, 0.5) is 4.79 Å². The third-order valence-electron chi connectivity index (χ3n) is 4.05. The summed E-state index contributed by atoms with van der Waals surface area (Å²) >= 11 is 0. The van der Waals surface area contributed by atoms with E-state index >= 15 is 0 Å². The molecule has 1 aromatic carbocycles. The van der Waals surface area contributed by atoms with Crippen molar-refractivity contribution in [1.29, 1.82) is 0 Å². The van der Waals surface area contributed by atoms with Crippen LogP contribution >= 0.6 is 0 Å². The van der Waals surface area contributed by atoms with Crippen molar-refractivity contribution in [3.8, 4) is 0 Å². The minimum atomic E-state index is -0.488. The maximum absolute atomic E-state index is 12.6. The van der Waals surface area contributed by atoms with Gasteiger partial charge in [0.15, 0.2) is 0 Å². The zero-order valence-corrected chi connectivity index (χ0v) is 14.7. The third kappa shape index (κ3) is 5.24. The van der Waals surface area contributed by atoms with Crippen LogP contribution in [-0.4, -0.2) is 41.9 Å². The minimum absolute atomic E-state index is 0.0137. The largest absolute Gasteiger partial charge is 0.444 e. The van der Waals surface area contributed by atoms with E-state index < -0.39 is 5.60 Å². The lowest BCUT2D eigenvalue weighted by molar-refractivity contribution is -0.0112. The molecule has 0 spiro atoms. The molecule has 23 heavy (non-hydrogen) atoms. The van der Waals surface area contributed by atoms with E-state index in [0.29, 0.717) is 6.54 Å². The van der Waals surface area contributed by atoms with Gasteiger partial charge in [-0.15, -0.1) is 0 Å². The van der Waals surface area contributed by atoms with Crippen molar-refractivity contribution >= 4 is 6.09 Å². The Morgan fingerprint density at radius 3 is 2.57 bits per heavy atom. The van der Waals surface area contributed by atoms with E-state index in [9.17, 15) is 4.79 Å². The second-order valence-electron chi connectivity index (χ2n) is 7.07. The monoisotopic (exact) mass is 319 g/mol. The van der Waals surface area contributed by atoms with Crippen molar-refractivity contribution in [3.05, 3.63) is 35.9 Å². The first kappa shape index (κ1) is 17.8. The Morgan fingerprint density at radius 1 is 1.35 bits per heavy atom. The molecule has 1 fully saturated rings. The lowest BCUT2D eigenvalue weighted by Crippen LogP contribution is -2.49. The van der Waals surface area contributed by atoms with Crippen LogP contribution in [-0.2, 0) is 15.9 Å². The first-order valence-electron chi connectivity index (χ1n) is 8.56. The van der Waals surface area contributed by atoms with Crippen molar-refractivity contribution < 1.29 is 14.3 Å². The zero-order chi connectivity index (χ0) is 16.9. The van der Waals surface area contributed by atoms with E-state index in [1.54, 1.807) is 0 Å². The quantitative estimate of drug-likeness (QED) is 0.822. The van der Waals surface area contributed by atoms with Gasteiger partial charge in [-0.3, -0.25) is 0 Å². The highest BCUT2D eigenvalue weighted by Gasteiger charge is 2.35. The summed E-state index contributed by atoms with van der Waals surface area (Å²) in [6.45, 7) is 9.09. The molecule has 4 nitrogen and oxygen atoms in total. The summed E-state index contributed by atoms with van der Waals surface area (Å²) in [4.78, 5) is 14.5. The van der Waals surface area contributed by atoms with E-state index in [-0.39, 0.29) is 18.2 Å². The van der Waals surface area contributed by atoms with Crippen LogP contribution in [0, 0.1) is 0 Å². The van der Waals surface area contributed by atoms with Crippen molar-refractivity contribution in [3.63, 3.8) is 0 Å². The van der Waals surface area contributed by atoms with Crippen LogP contribution in [0.15, 0.2) is 30.3 Å². The number of benzene rings is 1. The number of nitrogens with zero attached hydrogens (tertiary/aromatic N) is 1. The van der Waals surface area contributed by atoms with Crippen molar-refractivity contribution in [2.45, 2.75) is 64.7 Å². The SMILES string of the molecule is CCN(C(=O)OC(C)(C)C)[C@H](Cc1ccccc1)[C@H]1CCCO1. The zero-order valence-electron chi connectivity index (χ0n) is 14.7. The van der Waals surface area contributed by atoms with E-state index in [0.717, 1.165) is 25.9 Å². The van der Waals surface area contributed by atoms with E-state index in [4.69, 9.17) is 9.47 Å².